The van der Waals surface area contributed by atoms with Crippen LogP contribution < -0.4 is 10.5 Å². The van der Waals surface area contributed by atoms with Crippen molar-refractivity contribution in [2.45, 2.75) is 11.8 Å². The number of nitrogens with two attached hydrogens (primary N) is 1. The molecule has 0 aliphatic rings. The van der Waals surface area contributed by atoms with Crippen molar-refractivity contribution in [3.63, 3.8) is 0 Å². The van der Waals surface area contributed by atoms with E-state index in [0.29, 0.717) is 10.3 Å². The summed E-state index contributed by atoms with van der Waals surface area (Å²) in [5.74, 6) is -0.833. The van der Waals surface area contributed by atoms with Gasteiger partial charge in [-0.05, 0) is 69.7 Å². The maximum Gasteiger partial charge on any atom is 0.256 e. The number of halogens is 2. The lowest BCUT2D eigenvalue weighted by Gasteiger charge is -2.10. The Labute approximate surface area is 161 Å². The number of nitrogens with zero attached hydrogens (tertiary/aromatic N) is 4. The summed E-state index contributed by atoms with van der Waals surface area (Å²) in [5.41, 5.74) is 0.359. The van der Waals surface area contributed by atoms with Crippen LogP contribution in [0.15, 0.2) is 45.8 Å². The fraction of sp³-hybridized carbons (Fsp3) is 0.0667. The molecule has 0 spiro atoms. The first-order valence-electron chi connectivity index (χ1n) is 7.35. The molecule has 27 heavy (non-hydrogen) atoms. The van der Waals surface area contributed by atoms with Gasteiger partial charge in [-0.3, -0.25) is 4.79 Å². The summed E-state index contributed by atoms with van der Waals surface area (Å²) >= 11 is 3.19. The van der Waals surface area contributed by atoms with Gasteiger partial charge in [0.1, 0.15) is 11.5 Å². The normalized spacial score (nSPS) is 11.4. The molecule has 0 saturated carbocycles. The van der Waals surface area contributed by atoms with E-state index in [9.17, 15) is 17.6 Å². The highest BCUT2D eigenvalue weighted by molar-refractivity contribution is 9.10. The number of hydrogen-bond donors (Lipinski definition) is 2. The predicted octanol–water partition coefficient (Wildman–Crippen LogP) is 1.77. The smallest absolute Gasteiger partial charge is 0.256 e. The topological polar surface area (TPSA) is 133 Å². The summed E-state index contributed by atoms with van der Waals surface area (Å²) in [6.07, 6.45) is 0. The molecule has 9 nitrogen and oxygen atoms in total. The van der Waals surface area contributed by atoms with Crippen LogP contribution in [0.4, 0.5) is 10.1 Å². The molecule has 1 heterocycles. The standard InChI is InChI=1S/C15H12BrFN6O3S/c1-8-20-21-22-23(8)14-6-9(2-5-13(14)17)19-15(24)11-7-10(27(18,25)26)3-4-12(11)16/h2-7H,1H3,(H,19,24)(H2,18,25,26). The van der Waals surface area contributed by atoms with Gasteiger partial charge in [0.2, 0.25) is 10.0 Å². The highest BCUT2D eigenvalue weighted by atomic mass is 79.9. The van der Waals surface area contributed by atoms with E-state index >= 15 is 0 Å². The average Bonchev–Trinajstić information content (AvgIpc) is 3.01. The van der Waals surface area contributed by atoms with Gasteiger partial charge in [-0.25, -0.2) is 17.9 Å². The van der Waals surface area contributed by atoms with E-state index < -0.39 is 21.7 Å². The van der Waals surface area contributed by atoms with Gasteiger partial charge in [0, 0.05) is 10.2 Å². The second-order valence-corrected chi connectivity index (χ2v) is 7.86. The molecule has 0 unspecified atom stereocenters. The summed E-state index contributed by atoms with van der Waals surface area (Å²) < 4.78 is 38.6. The van der Waals surface area contributed by atoms with E-state index in [1.54, 1.807) is 6.92 Å². The molecule has 140 valence electrons. The third-order valence-corrected chi connectivity index (χ3v) is 5.17. The number of amides is 1. The Hall–Kier alpha value is -2.70. The van der Waals surface area contributed by atoms with E-state index in [1.165, 1.54) is 28.9 Å². The summed E-state index contributed by atoms with van der Waals surface area (Å²) in [6, 6.07) is 7.68. The number of nitrogens with one attached hydrogen (secondary N) is 1. The van der Waals surface area contributed by atoms with E-state index in [0.717, 1.165) is 12.1 Å². The fourth-order valence-corrected chi connectivity index (χ4v) is 3.23. The van der Waals surface area contributed by atoms with Gasteiger partial charge in [0.15, 0.2) is 5.82 Å². The molecule has 0 bridgehead atoms. The van der Waals surface area contributed by atoms with Crippen molar-refractivity contribution in [1.29, 1.82) is 0 Å². The molecule has 0 aliphatic carbocycles. The van der Waals surface area contributed by atoms with E-state index in [1.807, 2.05) is 0 Å². The monoisotopic (exact) mass is 454 g/mol. The maximum atomic E-state index is 14.1. The van der Waals surface area contributed by atoms with Crippen LogP contribution in [0.5, 0.6) is 0 Å². The van der Waals surface area contributed by atoms with Crippen molar-refractivity contribution in [1.82, 2.24) is 20.2 Å². The molecular weight excluding hydrogens is 443 g/mol. The minimum Gasteiger partial charge on any atom is -0.322 e. The molecule has 0 atom stereocenters. The lowest BCUT2D eigenvalue weighted by molar-refractivity contribution is 0.102. The zero-order chi connectivity index (χ0) is 19.8. The van der Waals surface area contributed by atoms with Crippen LogP contribution in [0.2, 0.25) is 0 Å². The minimum atomic E-state index is -3.97. The lowest BCUT2D eigenvalue weighted by atomic mass is 10.2. The Morgan fingerprint density at radius 2 is 2.00 bits per heavy atom. The van der Waals surface area contributed by atoms with Crippen molar-refractivity contribution in [3.05, 3.63) is 58.1 Å². The molecule has 3 N–H and O–H groups in total. The molecule has 2 aromatic carbocycles. The first-order valence-corrected chi connectivity index (χ1v) is 9.69. The van der Waals surface area contributed by atoms with Crippen molar-refractivity contribution < 1.29 is 17.6 Å². The lowest BCUT2D eigenvalue weighted by Crippen LogP contribution is -2.16. The first-order chi connectivity index (χ1) is 12.7. The average molecular weight is 455 g/mol. The molecule has 3 aromatic rings. The molecule has 12 heteroatoms. The van der Waals surface area contributed by atoms with Crippen LogP contribution in [0.3, 0.4) is 0 Å². The number of aryl methyl sites for hydroxylation is 1. The fourth-order valence-electron chi connectivity index (χ4n) is 2.26. The number of hydrogen-bond acceptors (Lipinski definition) is 6. The van der Waals surface area contributed by atoms with Crippen LogP contribution >= 0.6 is 15.9 Å². The third-order valence-electron chi connectivity index (χ3n) is 3.57. The summed E-state index contributed by atoms with van der Waals surface area (Å²) in [5, 5.41) is 18.5. The number of tetrazole rings is 1. The van der Waals surface area contributed by atoms with Gasteiger partial charge in [-0.1, -0.05) is 0 Å². The Bertz CT molecular complexity index is 1150. The van der Waals surface area contributed by atoms with E-state index in [-0.39, 0.29) is 21.8 Å². The number of primary sulfonamides is 1. The summed E-state index contributed by atoms with van der Waals surface area (Å²) in [4.78, 5) is 12.3. The van der Waals surface area contributed by atoms with Crippen molar-refractivity contribution >= 4 is 37.5 Å². The number of rotatable bonds is 4. The second-order valence-electron chi connectivity index (χ2n) is 5.44. The van der Waals surface area contributed by atoms with Crippen molar-refractivity contribution in [2.24, 2.45) is 5.14 Å². The minimum absolute atomic E-state index is 0.0472. The van der Waals surface area contributed by atoms with Crippen molar-refractivity contribution in [2.75, 3.05) is 5.32 Å². The van der Waals surface area contributed by atoms with Gasteiger partial charge >= 0.3 is 0 Å². The number of benzene rings is 2. The van der Waals surface area contributed by atoms with Crippen LogP contribution in [0.25, 0.3) is 5.69 Å². The molecule has 0 radical (unpaired) electrons. The molecular formula is C15H12BrFN6O3S. The van der Waals surface area contributed by atoms with E-state index in [2.05, 4.69) is 36.8 Å². The third kappa shape index (κ3) is 4.02. The van der Waals surface area contributed by atoms with Gasteiger partial charge in [0.25, 0.3) is 5.91 Å². The van der Waals surface area contributed by atoms with Crippen molar-refractivity contribution in [3.8, 4) is 5.69 Å². The highest BCUT2D eigenvalue weighted by Crippen LogP contribution is 2.23. The molecule has 0 saturated heterocycles. The Morgan fingerprint density at radius 1 is 1.26 bits per heavy atom. The molecule has 0 aliphatic heterocycles. The van der Waals surface area contributed by atoms with Crippen LogP contribution in [0, 0.1) is 12.7 Å². The van der Waals surface area contributed by atoms with Gasteiger partial charge in [-0.2, -0.15) is 4.68 Å². The quantitative estimate of drug-likeness (QED) is 0.616. The van der Waals surface area contributed by atoms with Gasteiger partial charge < -0.3 is 5.32 Å². The zero-order valence-electron chi connectivity index (χ0n) is 13.7. The summed E-state index contributed by atoms with van der Waals surface area (Å²) in [7, 11) is -3.97. The van der Waals surface area contributed by atoms with Gasteiger partial charge in [0.05, 0.1) is 10.5 Å². The van der Waals surface area contributed by atoms with Gasteiger partial charge in [-0.15, -0.1) is 5.10 Å². The largest absolute Gasteiger partial charge is 0.322 e. The van der Waals surface area contributed by atoms with Crippen LogP contribution in [-0.2, 0) is 10.0 Å². The number of sulfonamides is 1. The Balaban J connectivity index is 1.95. The number of anilines is 1. The Kier molecular flexibility index (Phi) is 5.04. The predicted molar refractivity (Wildman–Crippen MR) is 97.3 cm³/mol. The van der Waals surface area contributed by atoms with E-state index in [4.69, 9.17) is 5.14 Å². The zero-order valence-corrected chi connectivity index (χ0v) is 16.1. The Morgan fingerprint density at radius 3 is 2.63 bits per heavy atom. The maximum absolute atomic E-state index is 14.1. The molecule has 0 fully saturated rings. The molecule has 1 amide bonds. The SMILES string of the molecule is Cc1nnnn1-c1cc(NC(=O)c2cc(S(N)(=O)=O)ccc2Br)ccc1F. The van der Waals surface area contributed by atoms with Crippen LogP contribution in [0.1, 0.15) is 16.2 Å². The first kappa shape index (κ1) is 19.1. The molecule has 3 rings (SSSR count). The number of aromatic nitrogens is 4. The van der Waals surface area contributed by atoms with Crippen LogP contribution in [-0.4, -0.2) is 34.5 Å². The number of carbonyl (C=O) groups is 1. The molecule has 1 aromatic heterocycles. The second kappa shape index (κ2) is 7.13. The highest BCUT2D eigenvalue weighted by Gasteiger charge is 2.17. The summed E-state index contributed by atoms with van der Waals surface area (Å²) in [6.45, 7) is 1.60. The number of carbonyl (C=O) groups excluding carboxylic acids is 1.